The molecule has 1 aromatic heterocycles. The van der Waals surface area contributed by atoms with E-state index in [2.05, 4.69) is 26.2 Å². The number of non-ortho nitro benzene ring substituents is 1. The fraction of sp³-hybridized carbons (Fsp3) is 0.150. The van der Waals surface area contributed by atoms with Gasteiger partial charge in [-0.3, -0.25) is 14.8 Å². The summed E-state index contributed by atoms with van der Waals surface area (Å²) < 4.78 is 2.85. The highest BCUT2D eigenvalue weighted by atomic mass is 79.9. The molecule has 3 aromatic rings. The van der Waals surface area contributed by atoms with Crippen molar-refractivity contribution >= 4 is 33.4 Å². The molecule has 0 saturated heterocycles. The highest BCUT2D eigenvalue weighted by Gasteiger charge is 2.12. The third kappa shape index (κ3) is 4.71. The van der Waals surface area contributed by atoms with Crippen molar-refractivity contribution in [3.05, 3.63) is 91.2 Å². The first-order valence-electron chi connectivity index (χ1n) is 8.84. The molecule has 0 aliphatic carbocycles. The first-order valence-corrected chi connectivity index (χ1v) is 9.63. The number of nitro groups is 1. The zero-order valence-electron chi connectivity index (χ0n) is 16.2. The molecule has 154 valence electrons. The Morgan fingerprint density at radius 2 is 1.77 bits per heavy atom. The normalized spacial score (nSPS) is 11.4. The molecule has 1 heterocycles. The maximum absolute atomic E-state index is 12.2. The number of aryl methyl sites for hydroxylation is 1. The summed E-state index contributed by atoms with van der Waals surface area (Å²) in [6, 6.07) is 12.3. The number of carbonyl (C=O) groups excluding carboxylic acids is 1. The summed E-state index contributed by atoms with van der Waals surface area (Å²) in [6.07, 6.45) is 0. The number of hydrogen-bond donors (Lipinski definition) is 1. The van der Waals surface area contributed by atoms with E-state index in [9.17, 15) is 14.9 Å². The number of amidine groups is 1. The summed E-state index contributed by atoms with van der Waals surface area (Å²) in [7, 11) is 0. The van der Waals surface area contributed by atoms with Crippen LogP contribution in [-0.2, 0) is 11.4 Å². The summed E-state index contributed by atoms with van der Waals surface area (Å²) in [6.45, 7) is 4.47. The maximum Gasteiger partial charge on any atom is 0.365 e. The highest BCUT2D eigenvalue weighted by molar-refractivity contribution is 9.10. The van der Waals surface area contributed by atoms with Crippen molar-refractivity contribution in [2.75, 3.05) is 0 Å². The lowest BCUT2D eigenvalue weighted by Gasteiger charge is -2.06. The van der Waals surface area contributed by atoms with Gasteiger partial charge in [0.1, 0.15) is 0 Å². The minimum atomic E-state index is -0.666. The van der Waals surface area contributed by atoms with Crippen molar-refractivity contribution in [3.8, 4) is 0 Å². The van der Waals surface area contributed by atoms with E-state index < -0.39 is 10.9 Å². The number of halogens is 1. The van der Waals surface area contributed by atoms with Gasteiger partial charge in [-0.05, 0) is 59.6 Å². The minimum Gasteiger partial charge on any atom is -0.380 e. The smallest absolute Gasteiger partial charge is 0.365 e. The van der Waals surface area contributed by atoms with Gasteiger partial charge >= 0.3 is 5.97 Å². The monoisotopic (exact) mass is 471 g/mol. The Labute approximate surface area is 180 Å². The molecule has 30 heavy (non-hydrogen) atoms. The first kappa shape index (κ1) is 21.2. The highest BCUT2D eigenvalue weighted by Crippen LogP contribution is 2.20. The average Bonchev–Trinajstić information content (AvgIpc) is 2.98. The van der Waals surface area contributed by atoms with Gasteiger partial charge < -0.3 is 10.6 Å². The largest absolute Gasteiger partial charge is 0.380 e. The van der Waals surface area contributed by atoms with E-state index in [0.717, 1.165) is 21.4 Å². The molecule has 0 atom stereocenters. The maximum atomic E-state index is 12.2. The molecule has 0 amide bonds. The standard InChI is InChI=1S/C20H18BrN5O4/c1-12-18(21)13(2)25(23-12)11-14-3-5-16(6-4-14)20(27)30-24-19(22)15-7-9-17(10-8-15)26(28)29/h3-10H,11H2,1-2H3,(H2,22,24). The molecule has 2 aromatic carbocycles. The predicted octanol–water partition coefficient (Wildman–Crippen LogP) is 3.70. The first-order chi connectivity index (χ1) is 14.3. The Hall–Kier alpha value is -3.53. The molecule has 0 aliphatic rings. The molecule has 0 saturated carbocycles. The third-order valence-corrected chi connectivity index (χ3v) is 5.56. The number of nitrogens with zero attached hydrogens (tertiary/aromatic N) is 4. The van der Waals surface area contributed by atoms with E-state index >= 15 is 0 Å². The van der Waals surface area contributed by atoms with Crippen LogP contribution in [0.5, 0.6) is 0 Å². The predicted molar refractivity (Wildman–Crippen MR) is 114 cm³/mol. The molecule has 0 unspecified atom stereocenters. The molecule has 0 bridgehead atoms. The van der Waals surface area contributed by atoms with E-state index in [1.54, 1.807) is 12.1 Å². The van der Waals surface area contributed by atoms with Gasteiger partial charge in [-0.25, -0.2) is 4.79 Å². The lowest BCUT2D eigenvalue weighted by molar-refractivity contribution is -0.384. The second-order valence-corrected chi connectivity index (χ2v) is 7.29. The molecular weight excluding hydrogens is 454 g/mol. The Balaban J connectivity index is 1.64. The number of aromatic nitrogens is 2. The van der Waals surface area contributed by atoms with Crippen LogP contribution in [0.3, 0.4) is 0 Å². The van der Waals surface area contributed by atoms with Gasteiger partial charge in [0, 0.05) is 17.7 Å². The molecule has 9 nitrogen and oxygen atoms in total. The summed E-state index contributed by atoms with van der Waals surface area (Å²) in [4.78, 5) is 27.2. The third-order valence-electron chi connectivity index (χ3n) is 4.42. The van der Waals surface area contributed by atoms with E-state index in [1.165, 1.54) is 24.3 Å². The van der Waals surface area contributed by atoms with Crippen LogP contribution in [0.1, 0.15) is 32.9 Å². The van der Waals surface area contributed by atoms with Gasteiger partial charge in [-0.1, -0.05) is 17.3 Å². The summed E-state index contributed by atoms with van der Waals surface area (Å²) >= 11 is 3.50. The number of benzene rings is 2. The van der Waals surface area contributed by atoms with Crippen molar-refractivity contribution in [1.29, 1.82) is 0 Å². The Kier molecular flexibility index (Phi) is 6.26. The van der Waals surface area contributed by atoms with Gasteiger partial charge in [-0.2, -0.15) is 5.10 Å². The molecule has 0 spiro atoms. The van der Waals surface area contributed by atoms with E-state index in [1.807, 2.05) is 30.7 Å². The van der Waals surface area contributed by atoms with Crippen molar-refractivity contribution in [3.63, 3.8) is 0 Å². The SMILES string of the molecule is Cc1nn(Cc2ccc(C(=O)O/N=C(\N)c3ccc([N+](=O)[O-])cc3)cc2)c(C)c1Br. The zero-order valence-corrected chi connectivity index (χ0v) is 17.8. The lowest BCUT2D eigenvalue weighted by Crippen LogP contribution is -2.15. The molecular formula is C20H18BrN5O4. The summed E-state index contributed by atoms with van der Waals surface area (Å²) in [5.74, 6) is -0.731. The number of oxime groups is 1. The quantitative estimate of drug-likeness (QED) is 0.192. The van der Waals surface area contributed by atoms with Gasteiger partial charge in [0.05, 0.1) is 32.9 Å². The number of hydrogen-bond acceptors (Lipinski definition) is 6. The van der Waals surface area contributed by atoms with E-state index in [-0.39, 0.29) is 11.5 Å². The van der Waals surface area contributed by atoms with Crippen molar-refractivity contribution in [2.45, 2.75) is 20.4 Å². The van der Waals surface area contributed by atoms with Crippen LogP contribution >= 0.6 is 15.9 Å². The molecule has 10 heteroatoms. The van der Waals surface area contributed by atoms with Crippen LogP contribution in [0.4, 0.5) is 5.69 Å². The van der Waals surface area contributed by atoms with Gasteiger partial charge in [0.25, 0.3) is 5.69 Å². The topological polar surface area (TPSA) is 126 Å². The van der Waals surface area contributed by atoms with Crippen molar-refractivity contribution in [2.24, 2.45) is 10.9 Å². The van der Waals surface area contributed by atoms with Gasteiger partial charge in [0.2, 0.25) is 0 Å². The van der Waals surface area contributed by atoms with Crippen LogP contribution in [0.2, 0.25) is 0 Å². The number of carbonyl (C=O) groups is 1. The lowest BCUT2D eigenvalue weighted by atomic mass is 10.1. The van der Waals surface area contributed by atoms with E-state index in [4.69, 9.17) is 10.6 Å². The molecule has 0 aliphatic heterocycles. The fourth-order valence-corrected chi connectivity index (χ4v) is 2.98. The Bertz CT molecular complexity index is 1120. The average molecular weight is 472 g/mol. The van der Waals surface area contributed by atoms with Crippen LogP contribution in [0, 0.1) is 24.0 Å². The second kappa shape index (κ2) is 8.87. The molecule has 2 N–H and O–H groups in total. The van der Waals surface area contributed by atoms with Crippen LogP contribution < -0.4 is 5.73 Å². The van der Waals surface area contributed by atoms with E-state index in [0.29, 0.717) is 17.7 Å². The minimum absolute atomic E-state index is 0.0648. The molecule has 3 rings (SSSR count). The molecule has 0 fully saturated rings. The van der Waals surface area contributed by atoms with Crippen LogP contribution in [-0.4, -0.2) is 26.5 Å². The Morgan fingerprint density at radius 1 is 1.17 bits per heavy atom. The van der Waals surface area contributed by atoms with Crippen LogP contribution in [0.25, 0.3) is 0 Å². The Morgan fingerprint density at radius 3 is 2.30 bits per heavy atom. The van der Waals surface area contributed by atoms with Crippen LogP contribution in [0.15, 0.2) is 58.2 Å². The summed E-state index contributed by atoms with van der Waals surface area (Å²) in [5.41, 5.74) is 9.32. The van der Waals surface area contributed by atoms with Crippen molar-refractivity contribution in [1.82, 2.24) is 9.78 Å². The van der Waals surface area contributed by atoms with Gasteiger partial charge in [0.15, 0.2) is 5.84 Å². The van der Waals surface area contributed by atoms with Gasteiger partial charge in [-0.15, -0.1) is 0 Å². The number of nitro benzene ring substituents is 1. The second-order valence-electron chi connectivity index (χ2n) is 6.50. The number of rotatable bonds is 6. The zero-order chi connectivity index (χ0) is 21.8. The molecule has 0 radical (unpaired) electrons. The summed E-state index contributed by atoms with van der Waals surface area (Å²) in [5, 5.41) is 18.8. The fourth-order valence-electron chi connectivity index (χ4n) is 2.70. The number of nitrogens with two attached hydrogens (primary N) is 1. The van der Waals surface area contributed by atoms with Crippen molar-refractivity contribution < 1.29 is 14.6 Å².